The summed E-state index contributed by atoms with van der Waals surface area (Å²) in [6, 6.07) is 15.7. The first-order valence-corrected chi connectivity index (χ1v) is 15.5. The minimum atomic E-state index is -3.95. The van der Waals surface area contributed by atoms with Gasteiger partial charge < -0.3 is 14.7 Å². The molecule has 1 saturated carbocycles. The van der Waals surface area contributed by atoms with Crippen LogP contribution in [0.15, 0.2) is 66.9 Å². The lowest BCUT2D eigenvalue weighted by atomic mass is 9.70. The summed E-state index contributed by atoms with van der Waals surface area (Å²) in [6.07, 6.45) is 6.58. The second-order valence-electron chi connectivity index (χ2n) is 10.6. The second kappa shape index (κ2) is 13.0. The van der Waals surface area contributed by atoms with E-state index in [1.165, 1.54) is 19.4 Å². The molecule has 40 heavy (non-hydrogen) atoms. The van der Waals surface area contributed by atoms with Crippen molar-refractivity contribution in [1.29, 1.82) is 0 Å². The number of allylic oxidation sites excluding steroid dienone is 3. The van der Waals surface area contributed by atoms with Crippen LogP contribution in [0.2, 0.25) is 0 Å². The number of alkyl halides is 1. The summed E-state index contributed by atoms with van der Waals surface area (Å²) in [5.41, 5.74) is 2.83. The van der Waals surface area contributed by atoms with E-state index >= 15 is 0 Å². The quantitative estimate of drug-likeness (QED) is 0.154. The number of ketones is 1. The second-order valence-corrected chi connectivity index (χ2v) is 12.2. The molecule has 0 bridgehead atoms. The van der Waals surface area contributed by atoms with Crippen molar-refractivity contribution in [2.24, 2.45) is 11.8 Å². The molecular weight excluding hydrogens is 533 g/mol. The van der Waals surface area contributed by atoms with E-state index in [1.807, 2.05) is 48.5 Å². The van der Waals surface area contributed by atoms with Gasteiger partial charge in [0.15, 0.2) is 5.78 Å². The van der Waals surface area contributed by atoms with Gasteiger partial charge in [0, 0.05) is 23.3 Å². The lowest BCUT2D eigenvalue weighted by Gasteiger charge is -2.37. The number of aliphatic hydroxyl groups is 1. The van der Waals surface area contributed by atoms with Crippen LogP contribution in [0.4, 0.5) is 15.8 Å². The third kappa shape index (κ3) is 6.93. The number of carbonyl (C=O) groups excluding carboxylic acids is 1. The molecule has 1 unspecified atom stereocenters. The SMILES string of the molecule is C=C[C@H](C1C(=O)C(c2ccc(N(c3ccc(OCCCCS(=O)(=O)O)cc3)C3CCCCC3)cc2)=C1O)[C@@H](C)F. The lowest BCUT2D eigenvalue weighted by molar-refractivity contribution is -0.121. The monoisotopic (exact) mass is 571 g/mol. The van der Waals surface area contributed by atoms with Crippen molar-refractivity contribution in [2.45, 2.75) is 64.1 Å². The molecule has 2 aromatic rings. The Kier molecular flexibility index (Phi) is 9.68. The van der Waals surface area contributed by atoms with Crippen molar-refractivity contribution in [3.05, 3.63) is 72.5 Å². The maximum absolute atomic E-state index is 14.0. The summed E-state index contributed by atoms with van der Waals surface area (Å²) in [6.45, 7) is 5.34. The maximum Gasteiger partial charge on any atom is 0.264 e. The normalized spacial score (nSPS) is 19.6. The third-order valence-electron chi connectivity index (χ3n) is 7.82. The molecule has 0 saturated heterocycles. The zero-order valence-corrected chi connectivity index (χ0v) is 23.7. The van der Waals surface area contributed by atoms with Gasteiger partial charge in [-0.3, -0.25) is 9.35 Å². The summed E-state index contributed by atoms with van der Waals surface area (Å²) in [5.74, 6) is -1.57. The zero-order valence-electron chi connectivity index (χ0n) is 22.8. The Morgan fingerprint density at radius 3 is 2.17 bits per heavy atom. The number of halogens is 1. The first-order chi connectivity index (χ1) is 19.1. The molecular formula is C31H38FNO6S. The summed E-state index contributed by atoms with van der Waals surface area (Å²) >= 11 is 0. The summed E-state index contributed by atoms with van der Waals surface area (Å²) in [7, 11) is -3.95. The number of rotatable bonds is 13. The van der Waals surface area contributed by atoms with Gasteiger partial charge in [-0.1, -0.05) is 37.5 Å². The summed E-state index contributed by atoms with van der Waals surface area (Å²) in [5, 5.41) is 10.6. The van der Waals surface area contributed by atoms with Crippen LogP contribution in [0.25, 0.3) is 5.57 Å². The van der Waals surface area contributed by atoms with Crippen molar-refractivity contribution < 1.29 is 32.0 Å². The summed E-state index contributed by atoms with van der Waals surface area (Å²) in [4.78, 5) is 15.2. The largest absolute Gasteiger partial charge is 0.511 e. The van der Waals surface area contributed by atoms with E-state index in [2.05, 4.69) is 11.5 Å². The molecule has 2 N–H and O–H groups in total. The van der Waals surface area contributed by atoms with Crippen molar-refractivity contribution in [3.63, 3.8) is 0 Å². The van der Waals surface area contributed by atoms with Crippen LogP contribution in [-0.2, 0) is 14.9 Å². The van der Waals surface area contributed by atoms with Gasteiger partial charge in [0.25, 0.3) is 10.1 Å². The van der Waals surface area contributed by atoms with Crippen LogP contribution in [-0.4, -0.2) is 48.4 Å². The van der Waals surface area contributed by atoms with Crippen molar-refractivity contribution >= 4 is 32.8 Å². The Hall–Kier alpha value is -3.17. The molecule has 0 heterocycles. The molecule has 0 aliphatic heterocycles. The minimum absolute atomic E-state index is 0.0788. The molecule has 4 rings (SSSR count). The maximum atomic E-state index is 14.0. The predicted octanol–water partition coefficient (Wildman–Crippen LogP) is 6.83. The fourth-order valence-corrected chi connectivity index (χ4v) is 6.27. The number of Topliss-reactive ketones (excluding diaryl/α,β-unsaturated/α-hetero) is 1. The van der Waals surface area contributed by atoms with Gasteiger partial charge in [0.1, 0.15) is 17.7 Å². The van der Waals surface area contributed by atoms with Gasteiger partial charge in [-0.05, 0) is 74.6 Å². The van der Waals surface area contributed by atoms with Crippen LogP contribution >= 0.6 is 0 Å². The molecule has 2 aliphatic rings. The topological polar surface area (TPSA) is 104 Å². The van der Waals surface area contributed by atoms with E-state index in [0.29, 0.717) is 36.8 Å². The van der Waals surface area contributed by atoms with E-state index < -0.39 is 28.1 Å². The average Bonchev–Trinajstić information content (AvgIpc) is 2.93. The Balaban J connectivity index is 1.50. The molecule has 3 atom stereocenters. The number of aliphatic hydroxyl groups excluding tert-OH is 1. The Bertz CT molecular complexity index is 1310. The van der Waals surface area contributed by atoms with Crippen molar-refractivity contribution in [2.75, 3.05) is 17.3 Å². The number of anilines is 2. The van der Waals surface area contributed by atoms with Crippen LogP contribution in [0.1, 0.15) is 57.4 Å². The number of unbranched alkanes of at least 4 members (excludes halogenated alkanes) is 1. The van der Waals surface area contributed by atoms with Gasteiger partial charge >= 0.3 is 0 Å². The fourth-order valence-electron chi connectivity index (χ4n) is 5.70. The highest BCUT2D eigenvalue weighted by Crippen LogP contribution is 2.43. The highest BCUT2D eigenvalue weighted by molar-refractivity contribution is 7.85. The van der Waals surface area contributed by atoms with Crippen LogP contribution in [0.5, 0.6) is 5.75 Å². The lowest BCUT2D eigenvalue weighted by Crippen LogP contribution is -2.38. The Morgan fingerprint density at radius 1 is 1.05 bits per heavy atom. The highest BCUT2D eigenvalue weighted by atomic mass is 32.2. The smallest absolute Gasteiger partial charge is 0.264 e. The van der Waals surface area contributed by atoms with E-state index in [1.54, 1.807) is 0 Å². The van der Waals surface area contributed by atoms with Crippen LogP contribution in [0, 0.1) is 11.8 Å². The number of benzene rings is 2. The molecule has 9 heteroatoms. The standard InChI is InChI=1S/C31H38FNO6S/c1-3-27(21(2)32)29-30(34)28(31(29)35)22-11-13-24(14-12-22)33(23-9-5-4-6-10-23)25-15-17-26(18-16-25)39-19-7-8-20-40(36,37)38/h3,11-18,21,23,27,29,34H,1,4-10,19-20H2,2H3,(H,36,37,38)/t21-,27+,29?/m1/s1. The van der Waals surface area contributed by atoms with Gasteiger partial charge in [-0.2, -0.15) is 8.42 Å². The van der Waals surface area contributed by atoms with Gasteiger partial charge in [0.05, 0.1) is 23.9 Å². The number of hydrogen-bond donors (Lipinski definition) is 2. The predicted molar refractivity (Wildman–Crippen MR) is 155 cm³/mol. The van der Waals surface area contributed by atoms with Crippen LogP contribution < -0.4 is 9.64 Å². The first-order valence-electron chi connectivity index (χ1n) is 13.9. The number of carbonyl (C=O) groups is 1. The molecule has 7 nitrogen and oxygen atoms in total. The summed E-state index contributed by atoms with van der Waals surface area (Å²) < 4.78 is 50.2. The minimum Gasteiger partial charge on any atom is -0.511 e. The van der Waals surface area contributed by atoms with Crippen molar-refractivity contribution in [1.82, 2.24) is 0 Å². The molecule has 0 aromatic heterocycles. The molecule has 0 spiro atoms. The molecule has 2 aliphatic carbocycles. The Morgan fingerprint density at radius 2 is 1.65 bits per heavy atom. The molecule has 2 aromatic carbocycles. The van der Waals surface area contributed by atoms with Gasteiger partial charge in [0.2, 0.25) is 0 Å². The highest BCUT2D eigenvalue weighted by Gasteiger charge is 2.45. The molecule has 0 amide bonds. The van der Waals surface area contributed by atoms with Gasteiger partial charge in [-0.25, -0.2) is 4.39 Å². The average molecular weight is 572 g/mol. The third-order valence-corrected chi connectivity index (χ3v) is 8.63. The van der Waals surface area contributed by atoms with E-state index in [4.69, 9.17) is 9.29 Å². The first kappa shape index (κ1) is 29.8. The molecule has 0 radical (unpaired) electrons. The Labute approximate surface area is 236 Å². The zero-order chi connectivity index (χ0) is 28.9. The number of hydrogen-bond acceptors (Lipinski definition) is 6. The van der Waals surface area contributed by atoms with E-state index in [9.17, 15) is 22.7 Å². The fraction of sp³-hybridized carbons (Fsp3) is 0.452. The molecule has 1 fully saturated rings. The molecule has 216 valence electrons. The van der Waals surface area contributed by atoms with Crippen LogP contribution in [0.3, 0.4) is 0 Å². The number of ether oxygens (including phenoxy) is 1. The van der Waals surface area contributed by atoms with E-state index in [0.717, 1.165) is 37.1 Å². The van der Waals surface area contributed by atoms with Gasteiger partial charge in [-0.15, -0.1) is 6.58 Å². The number of nitrogens with zero attached hydrogens (tertiary/aromatic N) is 1. The van der Waals surface area contributed by atoms with E-state index in [-0.39, 0.29) is 22.9 Å². The van der Waals surface area contributed by atoms with Crippen molar-refractivity contribution in [3.8, 4) is 5.75 Å².